The molecule has 0 bridgehead atoms. The van der Waals surface area contributed by atoms with E-state index in [9.17, 15) is 8.42 Å². The van der Waals surface area contributed by atoms with Gasteiger partial charge in [-0.05, 0) is 54.3 Å². The Bertz CT molecular complexity index is 1020. The number of nitrogens with zero attached hydrogens (tertiary/aromatic N) is 2. The molecule has 0 unspecified atom stereocenters. The van der Waals surface area contributed by atoms with Gasteiger partial charge in [0.05, 0.1) is 18.0 Å². The molecule has 5 nitrogen and oxygen atoms in total. The fourth-order valence-electron chi connectivity index (χ4n) is 3.50. The van der Waals surface area contributed by atoms with Gasteiger partial charge in [-0.3, -0.25) is 0 Å². The monoisotopic (exact) mass is 388 g/mol. The van der Waals surface area contributed by atoms with E-state index in [0.717, 1.165) is 16.1 Å². The van der Waals surface area contributed by atoms with E-state index in [4.69, 9.17) is 4.74 Å². The Labute approximate surface area is 157 Å². The van der Waals surface area contributed by atoms with Crippen LogP contribution in [0.5, 0.6) is 5.75 Å². The SMILES string of the molecule is COc1ccc(S(=O)(=O)N2CCn3cccc3[C@H]2c2cccs2)cc1C. The molecule has 3 heterocycles. The zero-order valence-electron chi connectivity index (χ0n) is 14.6. The first-order chi connectivity index (χ1) is 12.5. The van der Waals surface area contributed by atoms with Crippen LogP contribution in [0.1, 0.15) is 22.2 Å². The summed E-state index contributed by atoms with van der Waals surface area (Å²) in [5, 5.41) is 1.99. The maximum absolute atomic E-state index is 13.5. The molecule has 1 aliphatic rings. The minimum Gasteiger partial charge on any atom is -0.496 e. The molecule has 0 saturated heterocycles. The highest BCUT2D eigenvalue weighted by Crippen LogP contribution is 2.38. The molecule has 1 atom stereocenters. The topological polar surface area (TPSA) is 51.5 Å². The normalized spacial score (nSPS) is 17.8. The van der Waals surface area contributed by atoms with E-state index in [1.807, 2.05) is 42.8 Å². The van der Waals surface area contributed by atoms with Gasteiger partial charge < -0.3 is 9.30 Å². The first kappa shape index (κ1) is 17.3. The summed E-state index contributed by atoms with van der Waals surface area (Å²) in [7, 11) is -2.05. The third-order valence-corrected chi connectivity index (χ3v) is 7.56. The molecule has 136 valence electrons. The lowest BCUT2D eigenvalue weighted by atomic mass is 10.1. The Balaban J connectivity index is 1.81. The number of sulfonamides is 1. The number of ether oxygens (including phenoxy) is 1. The van der Waals surface area contributed by atoms with Crippen molar-refractivity contribution in [3.05, 3.63) is 70.2 Å². The van der Waals surface area contributed by atoms with Gasteiger partial charge in [-0.15, -0.1) is 11.3 Å². The second-order valence-corrected chi connectivity index (χ2v) is 9.16. The van der Waals surface area contributed by atoms with Crippen LogP contribution in [0.25, 0.3) is 0 Å². The molecular formula is C19H20N2O3S2. The molecule has 0 N–H and O–H groups in total. The quantitative estimate of drug-likeness (QED) is 0.685. The molecule has 2 aromatic heterocycles. The number of aromatic nitrogens is 1. The number of aryl methyl sites for hydroxylation is 1. The van der Waals surface area contributed by atoms with Gasteiger partial charge in [-0.1, -0.05) is 6.07 Å². The van der Waals surface area contributed by atoms with Crippen molar-refractivity contribution in [2.24, 2.45) is 0 Å². The first-order valence-corrected chi connectivity index (χ1v) is 10.7. The first-order valence-electron chi connectivity index (χ1n) is 8.37. The van der Waals surface area contributed by atoms with E-state index in [2.05, 4.69) is 4.57 Å². The van der Waals surface area contributed by atoms with E-state index < -0.39 is 10.0 Å². The van der Waals surface area contributed by atoms with Crippen LogP contribution in [-0.4, -0.2) is 30.9 Å². The van der Waals surface area contributed by atoms with Gasteiger partial charge in [0.15, 0.2) is 0 Å². The van der Waals surface area contributed by atoms with E-state index >= 15 is 0 Å². The lowest BCUT2D eigenvalue weighted by molar-refractivity contribution is 0.301. The van der Waals surface area contributed by atoms with Gasteiger partial charge in [0, 0.05) is 29.9 Å². The van der Waals surface area contributed by atoms with Crippen molar-refractivity contribution in [2.75, 3.05) is 13.7 Å². The third kappa shape index (κ3) is 2.76. The molecule has 0 amide bonds. The van der Waals surface area contributed by atoms with Gasteiger partial charge >= 0.3 is 0 Å². The molecule has 0 spiro atoms. The number of fused-ring (bicyclic) bond motifs is 1. The molecule has 0 fully saturated rings. The number of methoxy groups -OCH3 is 1. The standard InChI is InChI=1S/C19H20N2O3S2/c1-14-13-15(7-8-17(14)24-2)26(22,23)21-11-10-20-9-3-5-16(20)19(21)18-6-4-12-25-18/h3-9,12-13,19H,10-11H2,1-2H3/t19-/m0/s1. The maximum atomic E-state index is 13.5. The van der Waals surface area contributed by atoms with Crippen molar-refractivity contribution in [3.63, 3.8) is 0 Å². The third-order valence-electron chi connectivity index (χ3n) is 4.78. The molecule has 1 aromatic carbocycles. The maximum Gasteiger partial charge on any atom is 0.244 e. The lowest BCUT2D eigenvalue weighted by Gasteiger charge is -2.35. The van der Waals surface area contributed by atoms with Gasteiger partial charge in [0.2, 0.25) is 10.0 Å². The number of hydrogen-bond acceptors (Lipinski definition) is 4. The summed E-state index contributed by atoms with van der Waals surface area (Å²) < 4.78 is 35.9. The van der Waals surface area contributed by atoms with Gasteiger partial charge in [-0.25, -0.2) is 8.42 Å². The van der Waals surface area contributed by atoms with Gasteiger partial charge in [0.1, 0.15) is 5.75 Å². The summed E-state index contributed by atoms with van der Waals surface area (Å²) in [6.45, 7) is 2.95. The molecule has 3 aromatic rings. The Morgan fingerprint density at radius 2 is 2.00 bits per heavy atom. The molecule has 26 heavy (non-hydrogen) atoms. The summed E-state index contributed by atoms with van der Waals surface area (Å²) in [5.74, 6) is 0.686. The molecule has 0 saturated carbocycles. The predicted molar refractivity (Wildman–Crippen MR) is 102 cm³/mol. The van der Waals surface area contributed by atoms with Crippen LogP contribution in [0, 0.1) is 6.92 Å². The molecular weight excluding hydrogens is 368 g/mol. The van der Waals surface area contributed by atoms with Crippen molar-refractivity contribution in [3.8, 4) is 5.75 Å². The van der Waals surface area contributed by atoms with Crippen LogP contribution >= 0.6 is 11.3 Å². The largest absolute Gasteiger partial charge is 0.496 e. The average Bonchev–Trinajstić information content (AvgIpc) is 3.32. The number of thiophene rings is 1. The highest BCUT2D eigenvalue weighted by molar-refractivity contribution is 7.89. The van der Waals surface area contributed by atoms with Crippen molar-refractivity contribution in [1.82, 2.24) is 8.87 Å². The molecule has 4 rings (SSSR count). The number of hydrogen-bond donors (Lipinski definition) is 0. The summed E-state index contributed by atoms with van der Waals surface area (Å²) in [6, 6.07) is 12.7. The zero-order valence-corrected chi connectivity index (χ0v) is 16.3. The molecule has 1 aliphatic heterocycles. The van der Waals surface area contributed by atoms with Crippen molar-refractivity contribution < 1.29 is 13.2 Å². The van der Waals surface area contributed by atoms with Crippen LogP contribution in [0.3, 0.4) is 0 Å². The number of rotatable bonds is 4. The molecule has 0 aliphatic carbocycles. The Hall–Kier alpha value is -2.09. The molecule has 0 radical (unpaired) electrons. The highest BCUT2D eigenvalue weighted by Gasteiger charge is 2.38. The fraction of sp³-hybridized carbons (Fsp3) is 0.263. The summed E-state index contributed by atoms with van der Waals surface area (Å²) in [4.78, 5) is 1.33. The van der Waals surface area contributed by atoms with E-state index in [1.165, 1.54) is 0 Å². The highest BCUT2D eigenvalue weighted by atomic mass is 32.2. The fourth-order valence-corrected chi connectivity index (χ4v) is 6.07. The lowest BCUT2D eigenvalue weighted by Crippen LogP contribution is -2.42. The van der Waals surface area contributed by atoms with E-state index in [-0.39, 0.29) is 6.04 Å². The van der Waals surface area contributed by atoms with E-state index in [0.29, 0.717) is 23.7 Å². The minimum absolute atomic E-state index is 0.300. The van der Waals surface area contributed by atoms with E-state index in [1.54, 1.807) is 41.0 Å². The van der Waals surface area contributed by atoms with Crippen LogP contribution in [0.4, 0.5) is 0 Å². The summed E-state index contributed by atoms with van der Waals surface area (Å²) in [5.41, 5.74) is 1.81. The minimum atomic E-state index is -3.63. The summed E-state index contributed by atoms with van der Waals surface area (Å²) >= 11 is 1.58. The second kappa shape index (κ2) is 6.57. The van der Waals surface area contributed by atoms with Gasteiger partial charge in [0.25, 0.3) is 0 Å². The average molecular weight is 389 g/mol. The summed E-state index contributed by atoms with van der Waals surface area (Å²) in [6.07, 6.45) is 2.01. The Morgan fingerprint density at radius 1 is 1.15 bits per heavy atom. The Morgan fingerprint density at radius 3 is 2.69 bits per heavy atom. The second-order valence-electron chi connectivity index (χ2n) is 6.29. The van der Waals surface area contributed by atoms with Crippen molar-refractivity contribution >= 4 is 21.4 Å². The zero-order chi connectivity index (χ0) is 18.3. The van der Waals surface area contributed by atoms with Crippen molar-refractivity contribution in [2.45, 2.75) is 24.4 Å². The Kier molecular flexibility index (Phi) is 4.38. The van der Waals surface area contributed by atoms with Crippen molar-refractivity contribution in [1.29, 1.82) is 0 Å². The van der Waals surface area contributed by atoms with Gasteiger partial charge in [-0.2, -0.15) is 4.31 Å². The van der Waals surface area contributed by atoms with Crippen LogP contribution in [-0.2, 0) is 16.6 Å². The van der Waals surface area contributed by atoms with Crippen LogP contribution in [0.15, 0.2) is 58.9 Å². The molecule has 7 heteroatoms. The van der Waals surface area contributed by atoms with Crippen LogP contribution < -0.4 is 4.74 Å². The number of benzene rings is 1. The van der Waals surface area contributed by atoms with Crippen LogP contribution in [0.2, 0.25) is 0 Å². The smallest absolute Gasteiger partial charge is 0.244 e. The predicted octanol–water partition coefficient (Wildman–Crippen LogP) is 3.66.